The Morgan fingerprint density at radius 1 is 0.857 bits per heavy atom. The summed E-state index contributed by atoms with van der Waals surface area (Å²) in [6.07, 6.45) is 0.483. The highest BCUT2D eigenvalue weighted by atomic mass is 28.4. The van der Waals surface area contributed by atoms with Gasteiger partial charge in [0.15, 0.2) is 25.3 Å². The minimum absolute atomic E-state index is 0.0452. The summed E-state index contributed by atoms with van der Waals surface area (Å²) >= 11 is 0. The van der Waals surface area contributed by atoms with E-state index >= 15 is 0 Å². The number of carbonyl (C=O) groups excluding carboxylic acids is 1. The number of imidazole rings is 1. The Kier molecular flexibility index (Phi) is 11.2. The zero-order valence-electron chi connectivity index (χ0n) is 32.6. The molecular weight excluding hydrogens is 723 g/mol. The number of nitrogens with one attached hydrogen (secondary N) is 1. The number of amides is 1. The first-order valence-electron chi connectivity index (χ1n) is 18.8. The molecule has 2 aromatic heterocycles. The molecule has 4 atom stereocenters. The summed E-state index contributed by atoms with van der Waals surface area (Å²) in [5, 5.41) is 15.2. The van der Waals surface area contributed by atoms with Gasteiger partial charge in [-0.2, -0.15) is 0 Å². The standard InChI is InChI=1S/C44H49N5O6Si/c1-43(2,3)56(5,6)55-39-35(49-29-47-37-40(45-28-46-41(37)49)48-42(51)30-16-10-7-11-17-30)26-53-36(38(39)50)27-54-44(31-18-12-8-13-19-31,32-20-14-9-15-21-32)33-22-24-34(52-4)25-23-33/h7-25,28-29,35-36,38-39,50H,26-27H2,1-6H3,(H,45,46,48,51)/t35-,36-,38-,39-/m1/s1. The van der Waals surface area contributed by atoms with E-state index < -0.39 is 38.3 Å². The second-order valence-corrected chi connectivity index (χ2v) is 20.3. The minimum atomic E-state index is -2.47. The first-order chi connectivity index (χ1) is 26.9. The second-order valence-electron chi connectivity index (χ2n) is 15.6. The van der Waals surface area contributed by atoms with Crippen molar-refractivity contribution in [2.45, 2.75) is 68.9 Å². The number of aliphatic hydroxyl groups is 1. The van der Waals surface area contributed by atoms with E-state index in [4.69, 9.17) is 18.6 Å². The molecule has 0 saturated carbocycles. The van der Waals surface area contributed by atoms with Gasteiger partial charge in [-0.25, -0.2) is 15.0 Å². The first kappa shape index (κ1) is 39.0. The van der Waals surface area contributed by atoms with E-state index in [9.17, 15) is 9.90 Å². The molecule has 3 heterocycles. The number of fused-ring (bicyclic) bond motifs is 1. The van der Waals surface area contributed by atoms with Crippen LogP contribution in [0.3, 0.4) is 0 Å². The average molecular weight is 772 g/mol. The van der Waals surface area contributed by atoms with Crippen LogP contribution in [0.25, 0.3) is 11.2 Å². The van der Waals surface area contributed by atoms with Crippen LogP contribution < -0.4 is 10.1 Å². The van der Waals surface area contributed by atoms with E-state index in [0.29, 0.717) is 16.7 Å². The predicted molar refractivity (Wildman–Crippen MR) is 218 cm³/mol. The number of hydrogen-bond acceptors (Lipinski definition) is 9. The molecule has 12 heteroatoms. The van der Waals surface area contributed by atoms with Crippen molar-refractivity contribution in [1.29, 1.82) is 0 Å². The van der Waals surface area contributed by atoms with Crippen molar-refractivity contribution in [3.8, 4) is 5.75 Å². The van der Waals surface area contributed by atoms with Gasteiger partial charge in [-0.15, -0.1) is 0 Å². The van der Waals surface area contributed by atoms with Gasteiger partial charge >= 0.3 is 0 Å². The Bertz CT molecular complexity index is 2190. The number of anilines is 1. The molecule has 11 nitrogen and oxygen atoms in total. The van der Waals surface area contributed by atoms with Crippen LogP contribution in [0.1, 0.15) is 53.9 Å². The van der Waals surface area contributed by atoms with Gasteiger partial charge < -0.3 is 33.6 Å². The molecule has 0 bridgehead atoms. The highest BCUT2D eigenvalue weighted by molar-refractivity contribution is 6.74. The topological polar surface area (TPSA) is 130 Å². The summed E-state index contributed by atoms with van der Waals surface area (Å²) in [6, 6.07) is 36.5. The third-order valence-electron chi connectivity index (χ3n) is 11.1. The molecule has 1 fully saturated rings. The quantitative estimate of drug-likeness (QED) is 0.0947. The van der Waals surface area contributed by atoms with Gasteiger partial charge in [-0.05, 0) is 59.1 Å². The summed E-state index contributed by atoms with van der Waals surface area (Å²) in [6.45, 7) is 11.1. The Balaban J connectivity index is 1.24. The zero-order valence-corrected chi connectivity index (χ0v) is 33.6. The Labute approximate surface area is 328 Å². The van der Waals surface area contributed by atoms with Crippen molar-refractivity contribution in [3.05, 3.63) is 150 Å². The van der Waals surface area contributed by atoms with Crippen LogP contribution in [0.15, 0.2) is 128 Å². The molecule has 0 unspecified atom stereocenters. The first-order valence-corrected chi connectivity index (χ1v) is 21.7. The highest BCUT2D eigenvalue weighted by Gasteiger charge is 2.49. The lowest BCUT2D eigenvalue weighted by molar-refractivity contribution is -0.181. The predicted octanol–water partition coefficient (Wildman–Crippen LogP) is 7.79. The Hall–Kier alpha value is -5.24. The number of aromatic nitrogens is 4. The van der Waals surface area contributed by atoms with Crippen LogP contribution in [0.4, 0.5) is 5.82 Å². The summed E-state index contributed by atoms with van der Waals surface area (Å²) < 4.78 is 28.2. The minimum Gasteiger partial charge on any atom is -0.497 e. The van der Waals surface area contributed by atoms with Crippen molar-refractivity contribution in [2.75, 3.05) is 25.6 Å². The lowest BCUT2D eigenvalue weighted by atomic mass is 9.80. The number of ether oxygens (including phenoxy) is 3. The van der Waals surface area contributed by atoms with E-state index in [-0.39, 0.29) is 30.0 Å². The molecule has 56 heavy (non-hydrogen) atoms. The fourth-order valence-electron chi connectivity index (χ4n) is 6.99. The monoisotopic (exact) mass is 771 g/mol. The summed E-state index contributed by atoms with van der Waals surface area (Å²) in [7, 11) is -0.828. The van der Waals surface area contributed by atoms with Crippen LogP contribution in [-0.2, 0) is 19.5 Å². The molecule has 2 N–H and O–H groups in total. The molecule has 0 aliphatic carbocycles. The Morgan fingerprint density at radius 3 is 2.04 bits per heavy atom. The molecular formula is C44H49N5O6Si. The fourth-order valence-corrected chi connectivity index (χ4v) is 8.32. The largest absolute Gasteiger partial charge is 0.497 e. The molecule has 1 saturated heterocycles. The number of nitrogens with zero attached hydrogens (tertiary/aromatic N) is 4. The molecule has 1 amide bonds. The smallest absolute Gasteiger partial charge is 0.256 e. The lowest BCUT2D eigenvalue weighted by Gasteiger charge is -2.47. The highest BCUT2D eigenvalue weighted by Crippen LogP contribution is 2.44. The van der Waals surface area contributed by atoms with Crippen LogP contribution in [0.5, 0.6) is 5.75 Å². The number of methoxy groups -OCH3 is 1. The van der Waals surface area contributed by atoms with Gasteiger partial charge in [0, 0.05) is 5.56 Å². The van der Waals surface area contributed by atoms with Gasteiger partial charge in [-0.3, -0.25) is 4.79 Å². The van der Waals surface area contributed by atoms with Gasteiger partial charge in [0.1, 0.15) is 29.9 Å². The number of hydrogen-bond donors (Lipinski definition) is 2. The van der Waals surface area contributed by atoms with Crippen molar-refractivity contribution in [1.82, 2.24) is 19.5 Å². The molecule has 290 valence electrons. The summed E-state index contributed by atoms with van der Waals surface area (Å²) in [5.41, 5.74) is 3.08. The zero-order chi connectivity index (χ0) is 39.5. The molecule has 4 aromatic carbocycles. The van der Waals surface area contributed by atoms with E-state index in [1.165, 1.54) is 6.33 Å². The maximum absolute atomic E-state index is 13.1. The number of benzene rings is 4. The van der Waals surface area contributed by atoms with Crippen LogP contribution in [-0.4, -0.2) is 77.5 Å². The Morgan fingerprint density at radius 2 is 1.45 bits per heavy atom. The van der Waals surface area contributed by atoms with Gasteiger partial charge in [0.05, 0.1) is 38.8 Å². The molecule has 1 aliphatic rings. The van der Waals surface area contributed by atoms with E-state index in [0.717, 1.165) is 22.4 Å². The van der Waals surface area contributed by atoms with Gasteiger partial charge in [0.25, 0.3) is 5.91 Å². The fraction of sp³-hybridized carbons (Fsp3) is 0.318. The normalized spacial score (nSPS) is 19.1. The summed E-state index contributed by atoms with van der Waals surface area (Å²) in [5.74, 6) is 0.703. The van der Waals surface area contributed by atoms with Crippen molar-refractivity contribution in [2.24, 2.45) is 0 Å². The van der Waals surface area contributed by atoms with E-state index in [1.807, 2.05) is 71.3 Å². The van der Waals surface area contributed by atoms with Crippen LogP contribution >= 0.6 is 0 Å². The molecule has 7 rings (SSSR count). The number of carbonyl (C=O) groups is 1. The number of rotatable bonds is 12. The van der Waals surface area contributed by atoms with Crippen LogP contribution in [0.2, 0.25) is 18.1 Å². The number of aliphatic hydroxyl groups excluding tert-OH is 1. The third kappa shape index (κ3) is 7.63. The second kappa shape index (κ2) is 16.1. The maximum atomic E-state index is 13.1. The molecule has 0 spiro atoms. The van der Waals surface area contributed by atoms with Crippen molar-refractivity contribution >= 4 is 31.2 Å². The molecule has 6 aromatic rings. The third-order valence-corrected chi connectivity index (χ3v) is 15.6. The van der Waals surface area contributed by atoms with Crippen molar-refractivity contribution < 1.29 is 28.5 Å². The van der Waals surface area contributed by atoms with E-state index in [2.05, 4.69) is 78.4 Å². The van der Waals surface area contributed by atoms with Crippen LogP contribution in [0, 0.1) is 0 Å². The van der Waals surface area contributed by atoms with Gasteiger partial charge in [-0.1, -0.05) is 112 Å². The molecule has 0 radical (unpaired) electrons. The molecule has 1 aliphatic heterocycles. The lowest BCUT2D eigenvalue weighted by Crippen LogP contribution is -2.58. The van der Waals surface area contributed by atoms with Crippen molar-refractivity contribution in [3.63, 3.8) is 0 Å². The van der Waals surface area contributed by atoms with Gasteiger partial charge in [0.2, 0.25) is 0 Å². The maximum Gasteiger partial charge on any atom is 0.256 e. The van der Waals surface area contributed by atoms with E-state index in [1.54, 1.807) is 37.7 Å². The summed E-state index contributed by atoms with van der Waals surface area (Å²) in [4.78, 5) is 26.7. The average Bonchev–Trinajstić information content (AvgIpc) is 3.65. The SMILES string of the molecule is COc1ccc(C(OC[C@H]2OC[C@@H](n3cnc4c(NC(=O)c5ccccc5)ncnc43)[C@@H](O[Si](C)(C)C(C)(C)C)[C@@H]2O)(c2ccccc2)c2ccccc2)cc1.